The molecule has 3 rings (SSSR count). The number of nitrogens with zero attached hydrogens (tertiary/aromatic N) is 3. The van der Waals surface area contributed by atoms with Gasteiger partial charge in [0.05, 0.1) is 6.54 Å². The van der Waals surface area contributed by atoms with Crippen molar-refractivity contribution in [1.29, 1.82) is 0 Å². The number of nitrogens with one attached hydrogen (secondary N) is 1. The first kappa shape index (κ1) is 14.2. The third kappa shape index (κ3) is 3.31. The largest absolute Gasteiger partial charge is 0.338 e. The zero-order valence-corrected chi connectivity index (χ0v) is 12.8. The number of piperazine rings is 1. The van der Waals surface area contributed by atoms with E-state index in [9.17, 15) is 0 Å². The lowest BCUT2D eigenvalue weighted by Gasteiger charge is -2.44. The fourth-order valence-electron chi connectivity index (χ4n) is 2.92. The minimum Gasteiger partial charge on any atom is -0.338 e. The van der Waals surface area contributed by atoms with Crippen LogP contribution in [0.2, 0.25) is 0 Å². The van der Waals surface area contributed by atoms with E-state index in [1.807, 2.05) is 6.92 Å². The zero-order chi connectivity index (χ0) is 14.9. The molecule has 1 fully saturated rings. The number of hydrogen-bond acceptors (Lipinski definition) is 5. The zero-order valence-electron chi connectivity index (χ0n) is 12.8. The van der Waals surface area contributed by atoms with E-state index >= 15 is 0 Å². The van der Waals surface area contributed by atoms with Gasteiger partial charge in [0.15, 0.2) is 5.82 Å². The molecule has 1 aliphatic heterocycles. The van der Waals surface area contributed by atoms with Gasteiger partial charge in [-0.25, -0.2) is 0 Å². The summed E-state index contributed by atoms with van der Waals surface area (Å²) in [6, 6.07) is 10.9. The van der Waals surface area contributed by atoms with Gasteiger partial charge in [-0.1, -0.05) is 35.5 Å². The first-order chi connectivity index (χ1) is 10.0. The molecule has 112 valence electrons. The van der Waals surface area contributed by atoms with Gasteiger partial charge in [-0.3, -0.25) is 4.90 Å². The third-order valence-electron chi connectivity index (χ3n) is 3.91. The Kier molecular flexibility index (Phi) is 3.78. The molecule has 1 aliphatic rings. The van der Waals surface area contributed by atoms with E-state index in [4.69, 9.17) is 4.52 Å². The maximum Gasteiger partial charge on any atom is 0.240 e. The Morgan fingerprint density at radius 3 is 2.76 bits per heavy atom. The molecule has 0 spiro atoms. The standard InChI is InChI=1S/C16H22N4O/c1-12-18-15(21-19-12)10-20-11-16(2,3)17-9-14(20)13-7-5-4-6-8-13/h4-8,14,17H,9-11H2,1-3H3. The summed E-state index contributed by atoms with van der Waals surface area (Å²) in [4.78, 5) is 6.76. The van der Waals surface area contributed by atoms with E-state index in [1.165, 1.54) is 5.56 Å². The van der Waals surface area contributed by atoms with E-state index < -0.39 is 0 Å². The van der Waals surface area contributed by atoms with Crippen molar-refractivity contribution in [3.63, 3.8) is 0 Å². The van der Waals surface area contributed by atoms with E-state index in [1.54, 1.807) is 0 Å². The summed E-state index contributed by atoms with van der Waals surface area (Å²) in [7, 11) is 0. The van der Waals surface area contributed by atoms with Crippen LogP contribution in [0.4, 0.5) is 0 Å². The van der Waals surface area contributed by atoms with E-state index in [2.05, 4.69) is 64.5 Å². The molecule has 2 heterocycles. The van der Waals surface area contributed by atoms with Crippen LogP contribution >= 0.6 is 0 Å². The minimum absolute atomic E-state index is 0.0837. The van der Waals surface area contributed by atoms with Crippen LogP contribution in [0.5, 0.6) is 0 Å². The molecule has 0 saturated carbocycles. The second-order valence-electron chi connectivity index (χ2n) is 6.33. The van der Waals surface area contributed by atoms with Crippen LogP contribution in [0.1, 0.15) is 37.2 Å². The molecule has 1 aromatic carbocycles. The fraction of sp³-hybridized carbons (Fsp3) is 0.500. The molecular formula is C16H22N4O. The van der Waals surface area contributed by atoms with Gasteiger partial charge < -0.3 is 9.84 Å². The fourth-order valence-corrected chi connectivity index (χ4v) is 2.92. The Hall–Kier alpha value is -1.72. The maximum atomic E-state index is 5.30. The number of aryl methyl sites for hydroxylation is 1. The average Bonchev–Trinajstić information content (AvgIpc) is 2.84. The smallest absolute Gasteiger partial charge is 0.240 e. The van der Waals surface area contributed by atoms with Gasteiger partial charge in [-0.2, -0.15) is 4.98 Å². The van der Waals surface area contributed by atoms with Gasteiger partial charge in [0.25, 0.3) is 0 Å². The molecular weight excluding hydrogens is 264 g/mol. The van der Waals surface area contributed by atoms with Crippen molar-refractivity contribution in [3.05, 3.63) is 47.6 Å². The van der Waals surface area contributed by atoms with Crippen molar-refractivity contribution >= 4 is 0 Å². The Balaban J connectivity index is 1.83. The summed E-state index contributed by atoms with van der Waals surface area (Å²) >= 11 is 0. The monoisotopic (exact) mass is 286 g/mol. The number of hydrogen-bond donors (Lipinski definition) is 1. The van der Waals surface area contributed by atoms with Gasteiger partial charge in [0.2, 0.25) is 5.89 Å². The first-order valence-corrected chi connectivity index (χ1v) is 7.37. The molecule has 1 aromatic heterocycles. The molecule has 1 unspecified atom stereocenters. The third-order valence-corrected chi connectivity index (χ3v) is 3.91. The van der Waals surface area contributed by atoms with Gasteiger partial charge in [-0.05, 0) is 26.3 Å². The lowest BCUT2D eigenvalue weighted by Crippen LogP contribution is -2.57. The van der Waals surface area contributed by atoms with E-state index in [0.717, 1.165) is 13.1 Å². The van der Waals surface area contributed by atoms with Crippen LogP contribution in [-0.4, -0.2) is 33.7 Å². The molecule has 5 heteroatoms. The van der Waals surface area contributed by atoms with Gasteiger partial charge in [0, 0.05) is 24.7 Å². The number of aromatic nitrogens is 2. The molecule has 1 saturated heterocycles. The maximum absolute atomic E-state index is 5.30. The Morgan fingerprint density at radius 1 is 1.33 bits per heavy atom. The van der Waals surface area contributed by atoms with Gasteiger partial charge in [-0.15, -0.1) is 0 Å². The molecule has 0 aliphatic carbocycles. The Morgan fingerprint density at radius 2 is 2.10 bits per heavy atom. The SMILES string of the molecule is Cc1noc(CN2CC(C)(C)NCC2c2ccccc2)n1. The molecule has 21 heavy (non-hydrogen) atoms. The molecule has 0 bridgehead atoms. The second-order valence-corrected chi connectivity index (χ2v) is 6.33. The second kappa shape index (κ2) is 5.58. The van der Waals surface area contributed by atoms with Crippen LogP contribution in [0.3, 0.4) is 0 Å². The van der Waals surface area contributed by atoms with Crippen LogP contribution in [0.15, 0.2) is 34.9 Å². The molecule has 1 N–H and O–H groups in total. The molecule has 1 atom stereocenters. The van der Waals surface area contributed by atoms with Crippen molar-refractivity contribution in [2.45, 2.75) is 38.9 Å². The summed E-state index contributed by atoms with van der Waals surface area (Å²) in [6.45, 7) is 8.84. The van der Waals surface area contributed by atoms with Crippen LogP contribution in [-0.2, 0) is 6.54 Å². The van der Waals surface area contributed by atoms with Crippen LogP contribution in [0, 0.1) is 6.92 Å². The highest BCUT2D eigenvalue weighted by atomic mass is 16.5. The summed E-state index contributed by atoms with van der Waals surface area (Å²) in [5.74, 6) is 1.38. The number of rotatable bonds is 3. The van der Waals surface area contributed by atoms with Crippen LogP contribution in [0.25, 0.3) is 0 Å². The van der Waals surface area contributed by atoms with Crippen LogP contribution < -0.4 is 5.32 Å². The minimum atomic E-state index is 0.0837. The van der Waals surface area contributed by atoms with Crippen molar-refractivity contribution in [3.8, 4) is 0 Å². The Bertz CT molecular complexity index is 593. The molecule has 0 radical (unpaired) electrons. The predicted octanol–water partition coefficient (Wildman–Crippen LogP) is 2.30. The average molecular weight is 286 g/mol. The summed E-state index contributed by atoms with van der Waals surface area (Å²) in [5, 5.41) is 7.51. The topological polar surface area (TPSA) is 54.2 Å². The summed E-state index contributed by atoms with van der Waals surface area (Å²) in [5.41, 5.74) is 1.40. The van der Waals surface area contributed by atoms with E-state index in [-0.39, 0.29) is 5.54 Å². The van der Waals surface area contributed by atoms with E-state index in [0.29, 0.717) is 24.3 Å². The highest BCUT2D eigenvalue weighted by Crippen LogP contribution is 2.28. The highest BCUT2D eigenvalue weighted by molar-refractivity contribution is 5.21. The lowest BCUT2D eigenvalue weighted by molar-refractivity contribution is 0.0773. The number of benzene rings is 1. The van der Waals surface area contributed by atoms with Crippen molar-refractivity contribution in [1.82, 2.24) is 20.4 Å². The molecule has 2 aromatic rings. The Labute approximate surface area is 125 Å². The van der Waals surface area contributed by atoms with Crippen molar-refractivity contribution in [2.24, 2.45) is 0 Å². The molecule has 0 amide bonds. The summed E-state index contributed by atoms with van der Waals surface area (Å²) < 4.78 is 5.30. The predicted molar refractivity (Wildman–Crippen MR) is 80.7 cm³/mol. The summed E-state index contributed by atoms with van der Waals surface area (Å²) in [6.07, 6.45) is 0. The van der Waals surface area contributed by atoms with Gasteiger partial charge >= 0.3 is 0 Å². The lowest BCUT2D eigenvalue weighted by atomic mass is 9.95. The first-order valence-electron chi connectivity index (χ1n) is 7.37. The normalized spacial score (nSPS) is 22.3. The van der Waals surface area contributed by atoms with Crippen molar-refractivity contribution in [2.75, 3.05) is 13.1 Å². The highest BCUT2D eigenvalue weighted by Gasteiger charge is 2.34. The van der Waals surface area contributed by atoms with Crippen molar-refractivity contribution < 1.29 is 4.52 Å². The quantitative estimate of drug-likeness (QED) is 0.938. The van der Waals surface area contributed by atoms with Gasteiger partial charge in [0.1, 0.15) is 0 Å². The molecule has 5 nitrogen and oxygen atoms in total.